The van der Waals surface area contributed by atoms with E-state index in [4.69, 9.17) is 4.42 Å². The highest BCUT2D eigenvalue weighted by Gasteiger charge is 2.14. The van der Waals surface area contributed by atoms with Gasteiger partial charge in [0.1, 0.15) is 5.76 Å². The summed E-state index contributed by atoms with van der Waals surface area (Å²) >= 11 is 0. The van der Waals surface area contributed by atoms with Crippen LogP contribution in [0.25, 0.3) is 0 Å². The van der Waals surface area contributed by atoms with E-state index in [0.717, 1.165) is 5.56 Å². The summed E-state index contributed by atoms with van der Waals surface area (Å²) in [6, 6.07) is 0. The molecule has 0 aliphatic rings. The highest BCUT2D eigenvalue weighted by molar-refractivity contribution is 5.96. The number of hydrogen-bond donors (Lipinski definition) is 2. The van der Waals surface area contributed by atoms with Gasteiger partial charge < -0.3 is 15.1 Å². The van der Waals surface area contributed by atoms with Crippen LogP contribution in [-0.2, 0) is 4.79 Å². The van der Waals surface area contributed by atoms with E-state index in [9.17, 15) is 9.59 Å². The second kappa shape index (κ2) is 5.34. The smallest absolute Gasteiger partial charge is 0.255 e. The van der Waals surface area contributed by atoms with Crippen molar-refractivity contribution in [3.8, 4) is 0 Å². The summed E-state index contributed by atoms with van der Waals surface area (Å²) in [6.45, 7) is 5.83. The highest BCUT2D eigenvalue weighted by atomic mass is 16.3. The number of amides is 2. The van der Waals surface area contributed by atoms with E-state index in [1.54, 1.807) is 13.2 Å². The van der Waals surface area contributed by atoms with Gasteiger partial charge in [-0.25, -0.2) is 0 Å². The quantitative estimate of drug-likeness (QED) is 0.742. The number of hydrogen-bond acceptors (Lipinski definition) is 3. The third kappa shape index (κ3) is 3.12. The molecule has 0 saturated heterocycles. The van der Waals surface area contributed by atoms with Crippen molar-refractivity contribution in [1.82, 2.24) is 10.6 Å². The molecule has 5 nitrogen and oxygen atoms in total. The molecule has 0 atom stereocenters. The molecule has 0 saturated carbocycles. The Morgan fingerprint density at radius 1 is 1.25 bits per heavy atom. The second-order valence-electron chi connectivity index (χ2n) is 3.59. The summed E-state index contributed by atoms with van der Waals surface area (Å²) in [4.78, 5) is 22.3. The maximum absolute atomic E-state index is 11.7. The average molecular weight is 224 g/mol. The Hall–Kier alpha value is -1.78. The molecule has 1 aromatic rings. The van der Waals surface area contributed by atoms with Crippen molar-refractivity contribution in [2.24, 2.45) is 0 Å². The number of carbonyl (C=O) groups excluding carboxylic acids is 2. The fourth-order valence-corrected chi connectivity index (χ4v) is 1.41. The van der Waals surface area contributed by atoms with Crippen molar-refractivity contribution in [1.29, 1.82) is 0 Å². The first-order valence-electron chi connectivity index (χ1n) is 5.09. The molecule has 0 unspecified atom stereocenters. The van der Waals surface area contributed by atoms with Crippen LogP contribution in [0.2, 0.25) is 0 Å². The topological polar surface area (TPSA) is 71.3 Å². The van der Waals surface area contributed by atoms with E-state index in [0.29, 0.717) is 24.4 Å². The molecular weight excluding hydrogens is 208 g/mol. The van der Waals surface area contributed by atoms with Gasteiger partial charge in [0.2, 0.25) is 5.91 Å². The van der Waals surface area contributed by atoms with E-state index < -0.39 is 0 Å². The molecule has 0 radical (unpaired) electrons. The van der Waals surface area contributed by atoms with Crippen molar-refractivity contribution in [3.63, 3.8) is 0 Å². The molecular formula is C11H16N2O3. The minimum Gasteiger partial charge on any atom is -0.469 e. The molecule has 1 rings (SSSR count). The van der Waals surface area contributed by atoms with Crippen LogP contribution >= 0.6 is 0 Å². The first-order valence-corrected chi connectivity index (χ1v) is 5.09. The Kier molecular flexibility index (Phi) is 4.10. The zero-order valence-corrected chi connectivity index (χ0v) is 9.72. The lowest BCUT2D eigenvalue weighted by Crippen LogP contribution is -2.33. The molecule has 5 heteroatoms. The first-order chi connectivity index (χ1) is 7.52. The maximum Gasteiger partial charge on any atom is 0.255 e. The van der Waals surface area contributed by atoms with Gasteiger partial charge in [-0.2, -0.15) is 0 Å². The lowest BCUT2D eigenvalue weighted by Gasteiger charge is -2.05. The standard InChI is InChI=1S/C11H16N2O3/c1-7-6-16-8(2)10(7)11(15)13-5-4-12-9(3)14/h6H,4-5H2,1-3H3,(H,12,14)(H,13,15). The van der Waals surface area contributed by atoms with Crippen molar-refractivity contribution in [3.05, 3.63) is 23.2 Å². The molecule has 0 aromatic carbocycles. The number of aryl methyl sites for hydroxylation is 2. The molecule has 88 valence electrons. The van der Waals surface area contributed by atoms with Crippen LogP contribution in [0.5, 0.6) is 0 Å². The lowest BCUT2D eigenvalue weighted by atomic mass is 10.1. The Balaban J connectivity index is 2.44. The van der Waals surface area contributed by atoms with Gasteiger partial charge >= 0.3 is 0 Å². The van der Waals surface area contributed by atoms with E-state index in [2.05, 4.69) is 10.6 Å². The van der Waals surface area contributed by atoms with E-state index in [1.807, 2.05) is 6.92 Å². The summed E-state index contributed by atoms with van der Waals surface area (Å²) < 4.78 is 5.13. The van der Waals surface area contributed by atoms with Crippen molar-refractivity contribution < 1.29 is 14.0 Å². The summed E-state index contributed by atoms with van der Waals surface area (Å²) in [5.74, 6) is 0.327. The predicted octanol–water partition coefficient (Wildman–Crippen LogP) is 0.762. The molecule has 1 aromatic heterocycles. The summed E-state index contributed by atoms with van der Waals surface area (Å²) in [5.41, 5.74) is 1.39. The molecule has 2 N–H and O–H groups in total. The van der Waals surface area contributed by atoms with Gasteiger partial charge in [0.15, 0.2) is 0 Å². The monoisotopic (exact) mass is 224 g/mol. The van der Waals surface area contributed by atoms with E-state index >= 15 is 0 Å². The average Bonchev–Trinajstić information content (AvgIpc) is 2.53. The molecule has 0 spiro atoms. The largest absolute Gasteiger partial charge is 0.469 e. The first kappa shape index (κ1) is 12.3. The van der Waals surface area contributed by atoms with Gasteiger partial charge in [-0.1, -0.05) is 0 Å². The molecule has 16 heavy (non-hydrogen) atoms. The van der Waals surface area contributed by atoms with Gasteiger partial charge in [-0.15, -0.1) is 0 Å². The normalized spacial score (nSPS) is 9.94. The van der Waals surface area contributed by atoms with Gasteiger partial charge in [0.05, 0.1) is 11.8 Å². The fraction of sp³-hybridized carbons (Fsp3) is 0.455. The van der Waals surface area contributed by atoms with Crippen LogP contribution in [0.15, 0.2) is 10.7 Å². The minimum absolute atomic E-state index is 0.107. The number of nitrogens with one attached hydrogen (secondary N) is 2. The van der Waals surface area contributed by atoms with Crippen molar-refractivity contribution in [2.75, 3.05) is 13.1 Å². The third-order valence-corrected chi connectivity index (χ3v) is 2.17. The van der Waals surface area contributed by atoms with Crippen LogP contribution in [0.4, 0.5) is 0 Å². The minimum atomic E-state index is -0.172. The third-order valence-electron chi connectivity index (χ3n) is 2.17. The van der Waals surface area contributed by atoms with Crippen LogP contribution in [-0.4, -0.2) is 24.9 Å². The molecule has 0 aliphatic heterocycles. The van der Waals surface area contributed by atoms with Crippen molar-refractivity contribution >= 4 is 11.8 Å². The molecule has 0 fully saturated rings. The van der Waals surface area contributed by atoms with Crippen LogP contribution in [0.3, 0.4) is 0 Å². The van der Waals surface area contributed by atoms with Gasteiger partial charge in [0, 0.05) is 25.6 Å². The summed E-state index contributed by atoms with van der Waals surface area (Å²) in [6.07, 6.45) is 1.55. The SMILES string of the molecule is CC(=O)NCCNC(=O)c1c(C)coc1C. The Labute approximate surface area is 94.2 Å². The predicted molar refractivity (Wildman–Crippen MR) is 59.2 cm³/mol. The second-order valence-corrected chi connectivity index (χ2v) is 3.59. The zero-order valence-electron chi connectivity index (χ0n) is 9.72. The van der Waals surface area contributed by atoms with Crippen LogP contribution in [0.1, 0.15) is 28.6 Å². The van der Waals surface area contributed by atoms with Crippen LogP contribution in [0, 0.1) is 13.8 Å². The molecule has 0 aliphatic carbocycles. The van der Waals surface area contributed by atoms with Gasteiger partial charge in [-0.05, 0) is 13.8 Å². The zero-order chi connectivity index (χ0) is 12.1. The van der Waals surface area contributed by atoms with Gasteiger partial charge in [0.25, 0.3) is 5.91 Å². The fourth-order valence-electron chi connectivity index (χ4n) is 1.41. The Morgan fingerprint density at radius 2 is 1.88 bits per heavy atom. The number of rotatable bonds is 4. The molecule has 1 heterocycles. The maximum atomic E-state index is 11.7. The molecule has 0 bridgehead atoms. The Morgan fingerprint density at radius 3 is 2.38 bits per heavy atom. The van der Waals surface area contributed by atoms with E-state index in [1.165, 1.54) is 6.92 Å². The summed E-state index contributed by atoms with van der Waals surface area (Å²) in [7, 11) is 0. The Bertz CT molecular complexity index is 376. The molecule has 2 amide bonds. The van der Waals surface area contributed by atoms with E-state index in [-0.39, 0.29) is 11.8 Å². The number of furan rings is 1. The van der Waals surface area contributed by atoms with Crippen molar-refractivity contribution in [2.45, 2.75) is 20.8 Å². The summed E-state index contributed by atoms with van der Waals surface area (Å²) in [5, 5.41) is 5.31. The highest BCUT2D eigenvalue weighted by Crippen LogP contribution is 2.14. The lowest BCUT2D eigenvalue weighted by molar-refractivity contribution is -0.118. The van der Waals surface area contributed by atoms with Crippen LogP contribution < -0.4 is 10.6 Å². The van der Waals surface area contributed by atoms with Gasteiger partial charge in [-0.3, -0.25) is 9.59 Å². The number of carbonyl (C=O) groups is 2.